The molecular weight excluding hydrogens is 410 g/mol. The Morgan fingerprint density at radius 1 is 1.10 bits per heavy atom. The number of sulfone groups is 1. The van der Waals surface area contributed by atoms with Gasteiger partial charge in [-0.1, -0.05) is 18.2 Å². The molecular formula is C20H27N3O6S. The van der Waals surface area contributed by atoms with Gasteiger partial charge < -0.3 is 20.3 Å². The van der Waals surface area contributed by atoms with E-state index in [-0.39, 0.29) is 23.5 Å². The maximum atomic E-state index is 12.4. The highest BCUT2D eigenvalue weighted by Gasteiger charge is 2.33. The van der Waals surface area contributed by atoms with E-state index in [1.54, 1.807) is 17.0 Å². The molecule has 2 fully saturated rings. The van der Waals surface area contributed by atoms with E-state index >= 15 is 0 Å². The maximum Gasteiger partial charge on any atom is 0.321 e. The minimum Gasteiger partial charge on any atom is -0.452 e. The Morgan fingerprint density at radius 2 is 1.77 bits per heavy atom. The van der Waals surface area contributed by atoms with E-state index in [0.717, 1.165) is 0 Å². The van der Waals surface area contributed by atoms with E-state index < -0.39 is 33.9 Å². The van der Waals surface area contributed by atoms with E-state index in [2.05, 4.69) is 10.6 Å². The van der Waals surface area contributed by atoms with Crippen molar-refractivity contribution in [2.24, 2.45) is 5.92 Å². The van der Waals surface area contributed by atoms with E-state index in [0.29, 0.717) is 38.0 Å². The first kappa shape index (κ1) is 22.1. The fourth-order valence-corrected chi connectivity index (χ4v) is 5.27. The summed E-state index contributed by atoms with van der Waals surface area (Å²) in [5.74, 6) is -1.37. The summed E-state index contributed by atoms with van der Waals surface area (Å²) in [6.07, 6.45) is 0.283. The van der Waals surface area contributed by atoms with Gasteiger partial charge in [-0.3, -0.25) is 9.59 Å². The average molecular weight is 438 g/mol. The number of carbonyl (C=O) groups is 3. The monoisotopic (exact) mass is 437 g/mol. The zero-order valence-electron chi connectivity index (χ0n) is 16.9. The molecule has 0 aliphatic carbocycles. The van der Waals surface area contributed by atoms with E-state index in [1.165, 1.54) is 6.92 Å². The number of amides is 3. The number of nitrogens with one attached hydrogen (secondary N) is 2. The molecule has 2 saturated heterocycles. The van der Waals surface area contributed by atoms with Gasteiger partial charge in [0, 0.05) is 24.8 Å². The van der Waals surface area contributed by atoms with Gasteiger partial charge >= 0.3 is 12.0 Å². The molecule has 10 heteroatoms. The summed E-state index contributed by atoms with van der Waals surface area (Å²) in [6, 6.07) is 8.48. The molecule has 2 aliphatic rings. The van der Waals surface area contributed by atoms with Crippen molar-refractivity contribution in [2.75, 3.05) is 29.9 Å². The first-order valence-electron chi connectivity index (χ1n) is 10.1. The van der Waals surface area contributed by atoms with Crippen LogP contribution < -0.4 is 10.6 Å². The van der Waals surface area contributed by atoms with Crippen LogP contribution in [0.3, 0.4) is 0 Å². The first-order chi connectivity index (χ1) is 14.2. The summed E-state index contributed by atoms with van der Waals surface area (Å²) in [7, 11) is -3.10. The summed E-state index contributed by atoms with van der Waals surface area (Å²) in [6.45, 7) is 2.30. The van der Waals surface area contributed by atoms with Gasteiger partial charge in [-0.05, 0) is 38.3 Å². The lowest BCUT2D eigenvalue weighted by Crippen LogP contribution is -2.45. The number of nitrogens with zero attached hydrogens (tertiary/aromatic N) is 1. The van der Waals surface area contributed by atoms with Crippen molar-refractivity contribution in [3.63, 3.8) is 0 Å². The molecule has 2 aliphatic heterocycles. The lowest BCUT2D eigenvalue weighted by Gasteiger charge is -2.31. The molecule has 0 unspecified atom stereocenters. The smallest absolute Gasteiger partial charge is 0.321 e. The summed E-state index contributed by atoms with van der Waals surface area (Å²) >= 11 is 0. The van der Waals surface area contributed by atoms with Crippen LogP contribution in [0.25, 0.3) is 0 Å². The summed E-state index contributed by atoms with van der Waals surface area (Å²) < 4.78 is 28.3. The molecule has 1 aromatic rings. The van der Waals surface area contributed by atoms with Crippen molar-refractivity contribution in [3.05, 3.63) is 30.3 Å². The average Bonchev–Trinajstić information content (AvgIpc) is 3.06. The van der Waals surface area contributed by atoms with Gasteiger partial charge in [0.1, 0.15) is 0 Å². The van der Waals surface area contributed by atoms with E-state index in [1.807, 2.05) is 18.2 Å². The number of piperidine rings is 1. The Bertz CT molecular complexity index is 881. The molecule has 3 amide bonds. The lowest BCUT2D eigenvalue weighted by molar-refractivity contribution is -0.160. The molecule has 3 rings (SSSR count). The number of likely N-dealkylation sites (tertiary alicyclic amines) is 1. The Balaban J connectivity index is 1.41. The molecule has 30 heavy (non-hydrogen) atoms. The number of carbonyl (C=O) groups excluding carboxylic acids is 3. The number of urea groups is 1. The molecule has 9 nitrogen and oxygen atoms in total. The number of rotatable bonds is 5. The Kier molecular flexibility index (Phi) is 6.96. The zero-order chi connectivity index (χ0) is 21.7. The highest BCUT2D eigenvalue weighted by molar-refractivity contribution is 7.91. The molecule has 0 bridgehead atoms. The highest BCUT2D eigenvalue weighted by atomic mass is 32.2. The second-order valence-electron chi connectivity index (χ2n) is 7.75. The maximum absolute atomic E-state index is 12.4. The molecule has 0 radical (unpaired) electrons. The molecule has 164 valence electrons. The van der Waals surface area contributed by atoms with Crippen LogP contribution in [0, 0.1) is 5.92 Å². The number of benzene rings is 1. The standard InChI is InChI=1S/C20H27N3O6S/c1-14(18(24)21-17-9-12-30(27,28)13-17)29-19(25)15-7-10-23(11-8-15)20(26)22-16-5-3-2-4-6-16/h2-6,14-15,17H,7-13H2,1H3,(H,21,24)(H,22,26)/t14-,17-/m0/s1. The molecule has 0 saturated carbocycles. The van der Waals surface area contributed by atoms with Gasteiger partial charge in [0.05, 0.1) is 17.4 Å². The predicted molar refractivity (Wildman–Crippen MR) is 111 cm³/mol. The van der Waals surface area contributed by atoms with Gasteiger partial charge in [-0.2, -0.15) is 0 Å². The Morgan fingerprint density at radius 3 is 2.37 bits per heavy atom. The third-order valence-electron chi connectivity index (χ3n) is 5.38. The van der Waals surface area contributed by atoms with Crippen molar-refractivity contribution in [1.82, 2.24) is 10.2 Å². The van der Waals surface area contributed by atoms with Crippen LogP contribution in [0.2, 0.25) is 0 Å². The van der Waals surface area contributed by atoms with Gasteiger partial charge in [0.25, 0.3) is 5.91 Å². The second kappa shape index (κ2) is 9.46. The molecule has 0 spiro atoms. The van der Waals surface area contributed by atoms with Crippen LogP contribution in [-0.4, -0.2) is 68.0 Å². The third-order valence-corrected chi connectivity index (χ3v) is 7.15. The number of hydrogen-bond donors (Lipinski definition) is 2. The summed E-state index contributed by atoms with van der Waals surface area (Å²) in [5.41, 5.74) is 0.707. The predicted octanol–water partition coefficient (Wildman–Crippen LogP) is 1.17. The van der Waals surface area contributed by atoms with Crippen molar-refractivity contribution in [1.29, 1.82) is 0 Å². The summed E-state index contributed by atoms with van der Waals surface area (Å²) in [5, 5.41) is 5.45. The van der Waals surface area contributed by atoms with E-state index in [4.69, 9.17) is 4.74 Å². The molecule has 1 aromatic carbocycles. The minimum atomic E-state index is -3.10. The van der Waals surface area contributed by atoms with Crippen LogP contribution in [0.5, 0.6) is 0 Å². The Hall–Kier alpha value is -2.62. The number of para-hydroxylation sites is 1. The topological polar surface area (TPSA) is 122 Å². The largest absolute Gasteiger partial charge is 0.452 e. The number of anilines is 1. The van der Waals surface area contributed by atoms with Crippen LogP contribution in [0.4, 0.5) is 10.5 Å². The van der Waals surface area contributed by atoms with Gasteiger partial charge in [-0.15, -0.1) is 0 Å². The van der Waals surface area contributed by atoms with Crippen LogP contribution >= 0.6 is 0 Å². The Labute approximate surface area is 176 Å². The van der Waals surface area contributed by atoms with Crippen molar-refractivity contribution in [3.8, 4) is 0 Å². The van der Waals surface area contributed by atoms with Crippen LogP contribution in [0.1, 0.15) is 26.2 Å². The van der Waals surface area contributed by atoms with Crippen LogP contribution in [0.15, 0.2) is 30.3 Å². The van der Waals surface area contributed by atoms with Gasteiger partial charge in [-0.25, -0.2) is 13.2 Å². The lowest BCUT2D eigenvalue weighted by atomic mass is 9.97. The first-order valence-corrected chi connectivity index (χ1v) is 11.9. The zero-order valence-corrected chi connectivity index (χ0v) is 17.7. The number of ether oxygens (including phenoxy) is 1. The molecule has 2 N–H and O–H groups in total. The highest BCUT2D eigenvalue weighted by Crippen LogP contribution is 2.20. The number of hydrogen-bond acceptors (Lipinski definition) is 6. The SMILES string of the molecule is C[C@H](OC(=O)C1CCN(C(=O)Nc2ccccc2)CC1)C(=O)N[C@H]1CCS(=O)(=O)C1. The molecule has 2 heterocycles. The van der Waals surface area contributed by atoms with Crippen molar-refractivity contribution in [2.45, 2.75) is 38.3 Å². The summed E-state index contributed by atoms with van der Waals surface area (Å²) in [4.78, 5) is 38.6. The van der Waals surface area contributed by atoms with E-state index in [9.17, 15) is 22.8 Å². The van der Waals surface area contributed by atoms with Gasteiger partial charge in [0.15, 0.2) is 15.9 Å². The third kappa shape index (κ3) is 5.94. The van der Waals surface area contributed by atoms with Gasteiger partial charge in [0.2, 0.25) is 0 Å². The second-order valence-corrected chi connectivity index (χ2v) is 9.97. The normalized spacial score (nSPS) is 22.2. The van der Waals surface area contributed by atoms with Crippen molar-refractivity contribution >= 4 is 33.4 Å². The molecule has 2 atom stereocenters. The quantitative estimate of drug-likeness (QED) is 0.667. The number of esters is 1. The van der Waals surface area contributed by atoms with Crippen LogP contribution in [-0.2, 0) is 24.2 Å². The van der Waals surface area contributed by atoms with Crippen molar-refractivity contribution < 1.29 is 27.5 Å². The minimum absolute atomic E-state index is 0.0581. The fourth-order valence-electron chi connectivity index (χ4n) is 3.59. The molecule has 0 aromatic heterocycles. The fraction of sp³-hybridized carbons (Fsp3) is 0.550.